The van der Waals surface area contributed by atoms with Crippen molar-refractivity contribution in [2.75, 3.05) is 0 Å². The number of rotatable bonds is 2. The van der Waals surface area contributed by atoms with Gasteiger partial charge in [-0.25, -0.2) is 0 Å². The summed E-state index contributed by atoms with van der Waals surface area (Å²) in [6.07, 6.45) is -4.37. The molecule has 0 unspecified atom stereocenters. The van der Waals surface area contributed by atoms with Gasteiger partial charge in [-0.3, -0.25) is 0 Å². The first-order chi connectivity index (χ1) is 7.09. The van der Waals surface area contributed by atoms with Gasteiger partial charge in [0.15, 0.2) is 0 Å². The molecule has 0 aliphatic heterocycles. The average Bonchev–Trinajstić information content (AvgIpc) is 2.04. The molecule has 1 aromatic rings. The fourth-order valence-electron chi connectivity index (χ4n) is 1.47. The molecule has 0 radical (unpaired) electrons. The van der Waals surface area contributed by atoms with Crippen molar-refractivity contribution in [1.82, 2.24) is 0 Å². The molecule has 0 fully saturated rings. The fraction of sp³-hybridized carbons (Fsp3) is 0.455. The molecule has 0 spiro atoms. The average molecular weight is 233 g/mol. The summed E-state index contributed by atoms with van der Waals surface area (Å²) in [5, 5.41) is 9.07. The molecule has 0 bridgehead atoms. The Morgan fingerprint density at radius 2 is 1.81 bits per heavy atom. The van der Waals surface area contributed by atoms with Gasteiger partial charge >= 0.3 is 6.18 Å². The third-order valence-corrected chi connectivity index (χ3v) is 2.04. The first kappa shape index (κ1) is 12.8. The fourth-order valence-corrected chi connectivity index (χ4v) is 1.47. The number of halogens is 3. The Balaban J connectivity index is 3.19. The minimum Gasteiger partial charge on any atom is -0.508 e. The van der Waals surface area contributed by atoms with E-state index >= 15 is 0 Å². The minimum absolute atomic E-state index is 0.0952. The molecule has 90 valence electrons. The first-order valence-corrected chi connectivity index (χ1v) is 4.77. The van der Waals surface area contributed by atoms with Crippen molar-refractivity contribution < 1.29 is 18.3 Å². The number of nitrogens with two attached hydrogens (primary N) is 1. The van der Waals surface area contributed by atoms with E-state index in [2.05, 4.69) is 0 Å². The highest BCUT2D eigenvalue weighted by Gasteiger charge is 2.34. The lowest BCUT2D eigenvalue weighted by molar-refractivity contribution is -0.138. The smallest absolute Gasteiger partial charge is 0.416 e. The van der Waals surface area contributed by atoms with Gasteiger partial charge in [-0.2, -0.15) is 13.2 Å². The molecule has 1 aromatic carbocycles. The maximum absolute atomic E-state index is 12.7. The minimum atomic E-state index is -4.47. The van der Waals surface area contributed by atoms with E-state index in [4.69, 9.17) is 10.8 Å². The highest BCUT2D eigenvalue weighted by atomic mass is 19.4. The molecule has 1 rings (SSSR count). The van der Waals surface area contributed by atoms with Crippen LogP contribution in [0.3, 0.4) is 0 Å². The summed E-state index contributed by atoms with van der Waals surface area (Å²) in [4.78, 5) is 0. The van der Waals surface area contributed by atoms with Gasteiger partial charge in [-0.15, -0.1) is 0 Å². The maximum Gasteiger partial charge on any atom is 0.416 e. The summed E-state index contributed by atoms with van der Waals surface area (Å²) < 4.78 is 38.0. The normalized spacial score (nSPS) is 12.9. The third-order valence-electron chi connectivity index (χ3n) is 2.04. The van der Waals surface area contributed by atoms with Crippen LogP contribution >= 0.6 is 0 Å². The van der Waals surface area contributed by atoms with Crippen LogP contribution < -0.4 is 5.73 Å². The summed E-state index contributed by atoms with van der Waals surface area (Å²) in [6.45, 7) is 3.31. The Morgan fingerprint density at radius 1 is 1.25 bits per heavy atom. The molecule has 0 aromatic heterocycles. The van der Waals surface area contributed by atoms with Crippen molar-refractivity contribution in [2.24, 2.45) is 5.73 Å². The topological polar surface area (TPSA) is 46.2 Å². The Hall–Kier alpha value is -1.23. The predicted molar refractivity (Wildman–Crippen MR) is 55.1 cm³/mol. The molecule has 0 saturated heterocycles. The second-order valence-electron chi connectivity index (χ2n) is 4.50. The second kappa shape index (κ2) is 3.97. The predicted octanol–water partition coefficient (Wildman–Crippen LogP) is 2.69. The van der Waals surface area contributed by atoms with Crippen LogP contribution in [0.4, 0.5) is 13.2 Å². The molecule has 2 nitrogen and oxygen atoms in total. The molecule has 0 saturated carbocycles. The molecule has 0 atom stereocenters. The summed E-state index contributed by atoms with van der Waals surface area (Å²) in [5.41, 5.74) is 4.23. The quantitative estimate of drug-likeness (QED) is 0.825. The van der Waals surface area contributed by atoms with E-state index in [9.17, 15) is 13.2 Å². The van der Waals surface area contributed by atoms with Gasteiger partial charge in [0.2, 0.25) is 0 Å². The van der Waals surface area contributed by atoms with Gasteiger partial charge < -0.3 is 10.8 Å². The van der Waals surface area contributed by atoms with E-state index in [0.717, 1.165) is 6.07 Å². The Bertz CT molecular complexity index is 380. The molecular weight excluding hydrogens is 219 g/mol. The molecular formula is C11H14F3NO. The number of phenols is 1. The Labute approximate surface area is 91.9 Å². The van der Waals surface area contributed by atoms with Gasteiger partial charge in [0.25, 0.3) is 0 Å². The number of alkyl halides is 3. The summed E-state index contributed by atoms with van der Waals surface area (Å²) in [5.74, 6) is -0.397. The monoisotopic (exact) mass is 233 g/mol. The van der Waals surface area contributed by atoms with Crippen molar-refractivity contribution >= 4 is 0 Å². The van der Waals surface area contributed by atoms with E-state index in [-0.39, 0.29) is 12.0 Å². The zero-order valence-corrected chi connectivity index (χ0v) is 9.10. The van der Waals surface area contributed by atoms with Crippen LogP contribution in [0.1, 0.15) is 25.0 Å². The first-order valence-electron chi connectivity index (χ1n) is 4.77. The number of aromatic hydroxyl groups is 1. The van der Waals surface area contributed by atoms with E-state index in [1.54, 1.807) is 13.8 Å². The van der Waals surface area contributed by atoms with E-state index in [1.807, 2.05) is 0 Å². The zero-order chi connectivity index (χ0) is 12.6. The van der Waals surface area contributed by atoms with Crippen LogP contribution in [0, 0.1) is 0 Å². The van der Waals surface area contributed by atoms with E-state index in [0.29, 0.717) is 0 Å². The molecule has 0 heterocycles. The van der Waals surface area contributed by atoms with Crippen LogP contribution in [0.2, 0.25) is 0 Å². The van der Waals surface area contributed by atoms with E-state index in [1.165, 1.54) is 12.1 Å². The lowest BCUT2D eigenvalue weighted by Crippen LogP contribution is -2.35. The van der Waals surface area contributed by atoms with Crippen LogP contribution in [-0.2, 0) is 12.6 Å². The van der Waals surface area contributed by atoms with Gasteiger partial charge in [-0.05, 0) is 38.0 Å². The van der Waals surface area contributed by atoms with Crippen molar-refractivity contribution in [1.29, 1.82) is 0 Å². The lowest BCUT2D eigenvalue weighted by atomic mass is 9.92. The Kier molecular flexibility index (Phi) is 3.19. The van der Waals surface area contributed by atoms with E-state index < -0.39 is 23.0 Å². The molecule has 0 aliphatic rings. The highest BCUT2D eigenvalue weighted by molar-refractivity contribution is 5.37. The zero-order valence-electron chi connectivity index (χ0n) is 9.10. The lowest BCUT2D eigenvalue weighted by Gasteiger charge is -2.21. The molecule has 5 heteroatoms. The van der Waals surface area contributed by atoms with Crippen molar-refractivity contribution in [3.05, 3.63) is 29.3 Å². The molecule has 3 N–H and O–H groups in total. The maximum atomic E-state index is 12.7. The highest BCUT2D eigenvalue weighted by Crippen LogP contribution is 2.35. The summed E-state index contributed by atoms with van der Waals surface area (Å²) >= 11 is 0. The standard InChI is InChI=1S/C11H14F3NO/c1-10(2,15)6-7-3-4-8(16)5-9(7)11(12,13)14/h3-5,16H,6,15H2,1-2H3. The van der Waals surface area contributed by atoms with Gasteiger partial charge in [0, 0.05) is 5.54 Å². The van der Waals surface area contributed by atoms with Crippen molar-refractivity contribution in [2.45, 2.75) is 32.0 Å². The largest absolute Gasteiger partial charge is 0.508 e. The number of phenolic OH excluding ortho intramolecular Hbond substituents is 1. The van der Waals surface area contributed by atoms with Crippen molar-refractivity contribution in [3.63, 3.8) is 0 Å². The van der Waals surface area contributed by atoms with Gasteiger partial charge in [-0.1, -0.05) is 6.07 Å². The number of hydrogen-bond donors (Lipinski definition) is 2. The van der Waals surface area contributed by atoms with Gasteiger partial charge in [0.1, 0.15) is 5.75 Å². The van der Waals surface area contributed by atoms with Crippen LogP contribution in [0.5, 0.6) is 5.75 Å². The summed E-state index contributed by atoms with van der Waals surface area (Å²) in [6, 6.07) is 3.21. The SMILES string of the molecule is CC(C)(N)Cc1ccc(O)cc1C(F)(F)F. The second-order valence-corrected chi connectivity index (χ2v) is 4.50. The molecule has 0 aliphatic carbocycles. The van der Waals surface area contributed by atoms with Gasteiger partial charge in [0.05, 0.1) is 5.56 Å². The van der Waals surface area contributed by atoms with Crippen LogP contribution in [0.25, 0.3) is 0 Å². The number of benzene rings is 1. The molecule has 0 amide bonds. The summed E-state index contributed by atoms with van der Waals surface area (Å²) in [7, 11) is 0. The van der Waals surface area contributed by atoms with Crippen molar-refractivity contribution in [3.8, 4) is 5.75 Å². The Morgan fingerprint density at radius 3 is 2.25 bits per heavy atom. The molecule has 16 heavy (non-hydrogen) atoms. The number of hydrogen-bond acceptors (Lipinski definition) is 2. The third kappa shape index (κ3) is 3.41. The van der Waals surface area contributed by atoms with Crippen LogP contribution in [0.15, 0.2) is 18.2 Å². The van der Waals surface area contributed by atoms with Crippen LogP contribution in [-0.4, -0.2) is 10.6 Å².